The Morgan fingerprint density at radius 2 is 1.71 bits per heavy atom. The van der Waals surface area contributed by atoms with E-state index < -0.39 is 22.6 Å². The van der Waals surface area contributed by atoms with Crippen molar-refractivity contribution < 1.29 is 32.2 Å². The summed E-state index contributed by atoms with van der Waals surface area (Å²) in [6, 6.07) is 10.4. The highest BCUT2D eigenvalue weighted by molar-refractivity contribution is 7.92. The third-order valence-corrected chi connectivity index (χ3v) is 7.23. The summed E-state index contributed by atoms with van der Waals surface area (Å²) < 4.78 is 44.3. The predicted molar refractivity (Wildman–Crippen MR) is 125 cm³/mol. The highest BCUT2D eigenvalue weighted by atomic mass is 32.2. The van der Waals surface area contributed by atoms with Gasteiger partial charge in [-0.1, -0.05) is 31.4 Å². The molecule has 0 radical (unpaired) electrons. The lowest BCUT2D eigenvalue weighted by Gasteiger charge is -2.21. The SMILES string of the molecule is O=C(COC(=O)c1ccccc1NS(=O)(=O)c1ccc2c(c1)OCCO2)NCC1CCCCC1. The number of ether oxygens (including phenoxy) is 3. The van der Waals surface area contributed by atoms with Crippen molar-refractivity contribution in [1.82, 2.24) is 5.32 Å². The predicted octanol–water partition coefficient (Wildman–Crippen LogP) is 3.11. The fraction of sp³-hybridized carbons (Fsp3) is 0.417. The summed E-state index contributed by atoms with van der Waals surface area (Å²) in [4.78, 5) is 24.7. The van der Waals surface area contributed by atoms with E-state index in [1.807, 2.05) is 0 Å². The van der Waals surface area contributed by atoms with Crippen molar-refractivity contribution in [2.24, 2.45) is 5.92 Å². The number of benzene rings is 2. The van der Waals surface area contributed by atoms with Crippen molar-refractivity contribution in [2.75, 3.05) is 31.1 Å². The van der Waals surface area contributed by atoms with Gasteiger partial charge in [-0.25, -0.2) is 13.2 Å². The van der Waals surface area contributed by atoms with Crippen LogP contribution in [0.25, 0.3) is 0 Å². The number of carbonyl (C=O) groups excluding carboxylic acids is 2. The molecule has 2 N–H and O–H groups in total. The Hall–Kier alpha value is -3.27. The molecule has 2 aromatic rings. The van der Waals surface area contributed by atoms with Crippen molar-refractivity contribution in [3.05, 3.63) is 48.0 Å². The molecule has 0 bridgehead atoms. The summed E-state index contributed by atoms with van der Waals surface area (Å²) in [6.07, 6.45) is 5.77. The molecule has 9 nitrogen and oxygen atoms in total. The van der Waals surface area contributed by atoms with Crippen LogP contribution in [0, 0.1) is 5.92 Å². The maximum Gasteiger partial charge on any atom is 0.340 e. The van der Waals surface area contributed by atoms with Crippen LogP contribution in [0.15, 0.2) is 47.4 Å². The van der Waals surface area contributed by atoms with Gasteiger partial charge >= 0.3 is 5.97 Å². The van der Waals surface area contributed by atoms with Crippen molar-refractivity contribution in [3.63, 3.8) is 0 Å². The molecule has 1 saturated carbocycles. The molecule has 0 aromatic heterocycles. The molecule has 10 heteroatoms. The van der Waals surface area contributed by atoms with Crippen LogP contribution >= 0.6 is 0 Å². The van der Waals surface area contributed by atoms with Gasteiger partial charge in [0.25, 0.3) is 15.9 Å². The second-order valence-corrected chi connectivity index (χ2v) is 10.0. The van der Waals surface area contributed by atoms with E-state index in [1.54, 1.807) is 12.1 Å². The number of amides is 1. The number of para-hydroxylation sites is 1. The highest BCUT2D eigenvalue weighted by Crippen LogP contribution is 2.33. The molecule has 0 saturated heterocycles. The maximum absolute atomic E-state index is 12.9. The van der Waals surface area contributed by atoms with Crippen LogP contribution in [0.2, 0.25) is 0 Å². The van der Waals surface area contributed by atoms with Crippen LogP contribution < -0.4 is 19.5 Å². The van der Waals surface area contributed by atoms with Gasteiger partial charge in [0.05, 0.1) is 16.1 Å². The Labute approximate surface area is 198 Å². The molecule has 34 heavy (non-hydrogen) atoms. The van der Waals surface area contributed by atoms with Crippen LogP contribution in [0.5, 0.6) is 11.5 Å². The smallest absolute Gasteiger partial charge is 0.340 e. The van der Waals surface area contributed by atoms with Crippen molar-refractivity contribution >= 4 is 27.6 Å². The summed E-state index contributed by atoms with van der Waals surface area (Å²) in [5.41, 5.74) is 0.0497. The number of nitrogens with one attached hydrogen (secondary N) is 2. The quantitative estimate of drug-likeness (QED) is 0.548. The molecule has 1 amide bonds. The topological polar surface area (TPSA) is 120 Å². The van der Waals surface area contributed by atoms with Gasteiger partial charge < -0.3 is 19.5 Å². The first-order chi connectivity index (χ1) is 16.4. The zero-order valence-corrected chi connectivity index (χ0v) is 19.6. The lowest BCUT2D eigenvalue weighted by molar-refractivity contribution is -0.124. The molecule has 182 valence electrons. The van der Waals surface area contributed by atoms with Crippen LogP contribution in [0.4, 0.5) is 5.69 Å². The minimum atomic E-state index is -4.03. The summed E-state index contributed by atoms with van der Waals surface area (Å²) in [7, 11) is -4.03. The molecule has 1 aliphatic carbocycles. The number of anilines is 1. The highest BCUT2D eigenvalue weighted by Gasteiger charge is 2.23. The molecule has 0 unspecified atom stereocenters. The number of hydrogen-bond donors (Lipinski definition) is 2. The molecule has 2 aromatic carbocycles. The molecule has 1 heterocycles. The fourth-order valence-electron chi connectivity index (χ4n) is 4.05. The van der Waals surface area contributed by atoms with E-state index in [1.165, 1.54) is 49.6 Å². The van der Waals surface area contributed by atoms with Gasteiger partial charge in [-0.3, -0.25) is 9.52 Å². The van der Waals surface area contributed by atoms with Crippen molar-refractivity contribution in [1.29, 1.82) is 0 Å². The molecule has 2 aliphatic rings. The first-order valence-electron chi connectivity index (χ1n) is 11.4. The van der Waals surface area contributed by atoms with E-state index in [-0.39, 0.29) is 22.1 Å². The van der Waals surface area contributed by atoms with Crippen LogP contribution in [-0.4, -0.2) is 46.7 Å². The number of carbonyl (C=O) groups is 2. The van der Waals surface area contributed by atoms with E-state index in [9.17, 15) is 18.0 Å². The average Bonchev–Trinajstić information content (AvgIpc) is 2.86. The third-order valence-electron chi connectivity index (χ3n) is 5.86. The number of hydrogen-bond acceptors (Lipinski definition) is 7. The van der Waals surface area contributed by atoms with Crippen LogP contribution in [0.1, 0.15) is 42.5 Å². The number of esters is 1. The van der Waals surface area contributed by atoms with Crippen molar-refractivity contribution in [3.8, 4) is 11.5 Å². The van der Waals surface area contributed by atoms with Gasteiger partial charge in [0.15, 0.2) is 18.1 Å². The molecule has 4 rings (SSSR count). The number of rotatable bonds is 8. The molecule has 1 aliphatic heterocycles. The normalized spacial score (nSPS) is 15.9. The van der Waals surface area contributed by atoms with Gasteiger partial charge in [0, 0.05) is 12.6 Å². The zero-order chi connectivity index (χ0) is 24.0. The van der Waals surface area contributed by atoms with E-state index >= 15 is 0 Å². The fourth-order valence-corrected chi connectivity index (χ4v) is 5.15. The van der Waals surface area contributed by atoms with Gasteiger partial charge in [-0.05, 0) is 43.0 Å². The monoisotopic (exact) mass is 488 g/mol. The van der Waals surface area contributed by atoms with E-state index in [0.29, 0.717) is 37.2 Å². The van der Waals surface area contributed by atoms with Crippen molar-refractivity contribution in [2.45, 2.75) is 37.0 Å². The molecular formula is C24H28N2O7S. The van der Waals surface area contributed by atoms with Gasteiger partial charge in [0.2, 0.25) is 0 Å². The second kappa shape index (κ2) is 10.8. The lowest BCUT2D eigenvalue weighted by Crippen LogP contribution is -2.33. The molecule has 0 atom stereocenters. The van der Waals surface area contributed by atoms with Gasteiger partial charge in [0.1, 0.15) is 13.2 Å². The van der Waals surface area contributed by atoms with E-state index in [0.717, 1.165) is 12.8 Å². The Kier molecular flexibility index (Phi) is 7.56. The van der Waals surface area contributed by atoms with Gasteiger partial charge in [-0.15, -0.1) is 0 Å². The molecule has 1 fully saturated rings. The van der Waals surface area contributed by atoms with Gasteiger partial charge in [-0.2, -0.15) is 0 Å². The number of fused-ring (bicyclic) bond motifs is 1. The van der Waals surface area contributed by atoms with Crippen LogP contribution in [0.3, 0.4) is 0 Å². The summed E-state index contributed by atoms with van der Waals surface area (Å²) >= 11 is 0. The summed E-state index contributed by atoms with van der Waals surface area (Å²) in [6.45, 7) is 0.857. The van der Waals surface area contributed by atoms with E-state index in [2.05, 4.69) is 10.0 Å². The Morgan fingerprint density at radius 1 is 0.971 bits per heavy atom. The van der Waals surface area contributed by atoms with Crippen LogP contribution in [-0.2, 0) is 19.6 Å². The minimum absolute atomic E-state index is 0.00342. The second-order valence-electron chi connectivity index (χ2n) is 8.34. The lowest BCUT2D eigenvalue weighted by atomic mass is 9.89. The summed E-state index contributed by atoms with van der Waals surface area (Å²) in [5, 5.41) is 2.81. The molecular weight excluding hydrogens is 460 g/mol. The number of sulfonamides is 1. The average molecular weight is 489 g/mol. The Bertz CT molecular complexity index is 1140. The van der Waals surface area contributed by atoms with E-state index in [4.69, 9.17) is 14.2 Å². The summed E-state index contributed by atoms with van der Waals surface area (Å²) in [5.74, 6) is 0.0858. The Morgan fingerprint density at radius 3 is 2.50 bits per heavy atom. The first kappa shape index (κ1) is 23.9. The standard InChI is InChI=1S/C24H28N2O7S/c27-23(25-15-17-6-2-1-3-7-17)16-33-24(28)19-8-4-5-9-20(19)26-34(29,30)18-10-11-21-22(14-18)32-13-12-31-21/h4-5,8-11,14,17,26H,1-3,6-7,12-13,15-16H2,(H,25,27). The largest absolute Gasteiger partial charge is 0.486 e. The first-order valence-corrected chi connectivity index (χ1v) is 12.9. The minimum Gasteiger partial charge on any atom is -0.486 e. The third kappa shape index (κ3) is 5.99. The molecule has 0 spiro atoms. The maximum atomic E-state index is 12.9. The Balaban J connectivity index is 1.38. The zero-order valence-electron chi connectivity index (χ0n) is 18.7.